The summed E-state index contributed by atoms with van der Waals surface area (Å²) in [5, 5.41) is 32.8. The Kier molecular flexibility index (Phi) is 4.74. The first-order valence-electron chi connectivity index (χ1n) is 7.29. The first-order valence-corrected chi connectivity index (χ1v) is 7.29. The fourth-order valence-electron chi connectivity index (χ4n) is 2.62. The molecule has 0 aliphatic carbocycles. The number of fused-ring (bicyclic) bond motifs is 6. The standard InChI is InChI=1S/C14H20N2O6/c17-8-3-1-4-15-13(8)16-7-9-12-10(18)11(19)14(22-9)21-6-2-5-20-12/h1,3-4,9-12,14,17-19H,2,5-7H2,(H,15,16). The van der Waals surface area contributed by atoms with Crippen molar-refractivity contribution in [2.24, 2.45) is 0 Å². The molecule has 3 saturated heterocycles. The van der Waals surface area contributed by atoms with Crippen molar-refractivity contribution in [3.63, 3.8) is 0 Å². The Bertz CT molecular complexity index is 500. The number of anilines is 1. The van der Waals surface area contributed by atoms with E-state index >= 15 is 0 Å². The van der Waals surface area contributed by atoms with Crippen LogP contribution in [0.3, 0.4) is 0 Å². The van der Waals surface area contributed by atoms with Crippen molar-refractivity contribution in [3.05, 3.63) is 18.3 Å². The van der Waals surface area contributed by atoms with Gasteiger partial charge >= 0.3 is 0 Å². The van der Waals surface area contributed by atoms with Crippen molar-refractivity contribution in [1.82, 2.24) is 4.98 Å². The van der Waals surface area contributed by atoms with Gasteiger partial charge in [-0.25, -0.2) is 4.98 Å². The number of nitrogens with one attached hydrogen (secondary N) is 1. The minimum absolute atomic E-state index is 0.0217. The van der Waals surface area contributed by atoms with E-state index in [1.54, 1.807) is 12.3 Å². The molecule has 0 radical (unpaired) electrons. The van der Waals surface area contributed by atoms with Gasteiger partial charge in [0, 0.05) is 19.3 Å². The first kappa shape index (κ1) is 15.4. The average molecular weight is 312 g/mol. The Morgan fingerprint density at radius 3 is 2.86 bits per heavy atom. The zero-order valence-corrected chi connectivity index (χ0v) is 12.0. The van der Waals surface area contributed by atoms with E-state index in [0.717, 1.165) is 0 Å². The Labute approximate surface area is 127 Å². The van der Waals surface area contributed by atoms with E-state index in [1.807, 2.05) is 0 Å². The van der Waals surface area contributed by atoms with Gasteiger partial charge < -0.3 is 34.8 Å². The average Bonchev–Trinajstić information content (AvgIpc) is 2.66. The fraction of sp³-hybridized carbons (Fsp3) is 0.643. The Hall–Kier alpha value is -1.45. The molecule has 4 rings (SSSR count). The highest BCUT2D eigenvalue weighted by Crippen LogP contribution is 2.27. The molecule has 1 aromatic rings. The number of nitrogens with zero attached hydrogens (tertiary/aromatic N) is 1. The topological polar surface area (TPSA) is 113 Å². The van der Waals surface area contributed by atoms with Crippen LogP contribution in [0.5, 0.6) is 5.75 Å². The largest absolute Gasteiger partial charge is 0.504 e. The molecule has 0 saturated carbocycles. The van der Waals surface area contributed by atoms with E-state index < -0.39 is 30.7 Å². The van der Waals surface area contributed by atoms with Crippen LogP contribution >= 0.6 is 0 Å². The van der Waals surface area contributed by atoms with Crippen LogP contribution in [-0.4, -0.2) is 70.8 Å². The van der Waals surface area contributed by atoms with Crippen LogP contribution in [0, 0.1) is 0 Å². The first-order chi connectivity index (χ1) is 10.7. The lowest BCUT2D eigenvalue weighted by Gasteiger charge is -2.41. The van der Waals surface area contributed by atoms with Gasteiger partial charge in [0.15, 0.2) is 17.9 Å². The zero-order valence-electron chi connectivity index (χ0n) is 12.0. The van der Waals surface area contributed by atoms with E-state index in [0.29, 0.717) is 25.5 Å². The molecule has 1 aromatic heterocycles. The van der Waals surface area contributed by atoms with Gasteiger partial charge in [0.25, 0.3) is 0 Å². The monoisotopic (exact) mass is 312 g/mol. The third kappa shape index (κ3) is 3.16. The van der Waals surface area contributed by atoms with E-state index in [2.05, 4.69) is 10.3 Å². The van der Waals surface area contributed by atoms with Gasteiger partial charge in [-0.3, -0.25) is 0 Å². The second-order valence-electron chi connectivity index (χ2n) is 5.34. The predicted molar refractivity (Wildman–Crippen MR) is 75.4 cm³/mol. The SMILES string of the molecule is Oc1cccnc1NCC1OC2OCCCOC1C(O)C2O. The maximum atomic E-state index is 10.2. The number of aliphatic hydroxyl groups is 2. The van der Waals surface area contributed by atoms with Crippen LogP contribution in [0.1, 0.15) is 6.42 Å². The summed E-state index contributed by atoms with van der Waals surface area (Å²) in [5.41, 5.74) is 0. The van der Waals surface area contributed by atoms with Gasteiger partial charge in [-0.1, -0.05) is 0 Å². The molecule has 5 atom stereocenters. The Morgan fingerprint density at radius 1 is 1.23 bits per heavy atom. The Morgan fingerprint density at radius 2 is 2.05 bits per heavy atom. The quantitative estimate of drug-likeness (QED) is 0.588. The minimum Gasteiger partial charge on any atom is -0.504 e. The molecule has 3 aliphatic heterocycles. The normalized spacial score (nSPS) is 35.5. The van der Waals surface area contributed by atoms with Gasteiger partial charge in [-0.2, -0.15) is 0 Å². The maximum Gasteiger partial charge on any atom is 0.186 e. The molecular weight excluding hydrogens is 292 g/mol. The van der Waals surface area contributed by atoms with Crippen LogP contribution in [-0.2, 0) is 14.2 Å². The summed E-state index contributed by atoms with van der Waals surface area (Å²) >= 11 is 0. The molecule has 122 valence electrons. The number of aromatic nitrogens is 1. The van der Waals surface area contributed by atoms with Gasteiger partial charge in [0.05, 0.1) is 6.61 Å². The van der Waals surface area contributed by atoms with E-state index in [4.69, 9.17) is 14.2 Å². The van der Waals surface area contributed by atoms with Crippen molar-refractivity contribution in [1.29, 1.82) is 0 Å². The van der Waals surface area contributed by atoms with Gasteiger partial charge in [-0.05, 0) is 18.6 Å². The molecular formula is C14H20N2O6. The van der Waals surface area contributed by atoms with Crippen molar-refractivity contribution in [3.8, 4) is 5.75 Å². The number of hydrogen-bond acceptors (Lipinski definition) is 8. The third-order valence-electron chi connectivity index (χ3n) is 3.78. The summed E-state index contributed by atoms with van der Waals surface area (Å²) in [6, 6.07) is 3.14. The van der Waals surface area contributed by atoms with Crippen LogP contribution < -0.4 is 5.32 Å². The number of ether oxygens (including phenoxy) is 3. The molecule has 4 heterocycles. The van der Waals surface area contributed by atoms with Crippen molar-refractivity contribution in [2.75, 3.05) is 25.1 Å². The van der Waals surface area contributed by atoms with Crippen LogP contribution in [0.25, 0.3) is 0 Å². The van der Waals surface area contributed by atoms with Crippen molar-refractivity contribution in [2.45, 2.75) is 37.1 Å². The molecule has 4 N–H and O–H groups in total. The molecule has 22 heavy (non-hydrogen) atoms. The minimum atomic E-state index is -1.15. The summed E-state index contributed by atoms with van der Waals surface area (Å²) in [7, 11) is 0. The van der Waals surface area contributed by atoms with E-state index in [-0.39, 0.29) is 12.3 Å². The smallest absolute Gasteiger partial charge is 0.186 e. The van der Waals surface area contributed by atoms with Crippen LogP contribution in [0.15, 0.2) is 18.3 Å². The molecule has 8 heteroatoms. The van der Waals surface area contributed by atoms with Gasteiger partial charge in [-0.15, -0.1) is 0 Å². The predicted octanol–water partition coefficient (Wildman–Crippen LogP) is -0.549. The molecule has 3 aliphatic rings. The maximum absolute atomic E-state index is 10.2. The molecule has 3 fully saturated rings. The zero-order chi connectivity index (χ0) is 15.5. The summed E-state index contributed by atoms with van der Waals surface area (Å²) < 4.78 is 16.7. The lowest BCUT2D eigenvalue weighted by Crippen LogP contribution is -2.60. The highest BCUT2D eigenvalue weighted by atomic mass is 16.7. The number of hydrogen-bond donors (Lipinski definition) is 4. The lowest BCUT2D eigenvalue weighted by molar-refractivity contribution is -0.291. The molecule has 2 bridgehead atoms. The van der Waals surface area contributed by atoms with Crippen LogP contribution in [0.4, 0.5) is 5.82 Å². The number of pyridine rings is 1. The summed E-state index contributed by atoms with van der Waals surface area (Å²) in [5.74, 6) is 0.339. The number of rotatable bonds is 3. The lowest BCUT2D eigenvalue weighted by atomic mass is 9.98. The number of aliphatic hydroxyl groups excluding tert-OH is 2. The molecule has 0 aromatic carbocycles. The fourth-order valence-corrected chi connectivity index (χ4v) is 2.62. The highest BCUT2D eigenvalue weighted by Gasteiger charge is 2.46. The van der Waals surface area contributed by atoms with E-state index in [1.165, 1.54) is 6.07 Å². The second-order valence-corrected chi connectivity index (χ2v) is 5.34. The van der Waals surface area contributed by atoms with Crippen LogP contribution in [0.2, 0.25) is 0 Å². The summed E-state index contributed by atoms with van der Waals surface area (Å²) in [4.78, 5) is 4.02. The molecule has 0 amide bonds. The third-order valence-corrected chi connectivity index (χ3v) is 3.78. The van der Waals surface area contributed by atoms with Crippen molar-refractivity contribution >= 4 is 5.82 Å². The van der Waals surface area contributed by atoms with E-state index in [9.17, 15) is 15.3 Å². The molecule has 0 spiro atoms. The Balaban J connectivity index is 1.71. The van der Waals surface area contributed by atoms with Crippen molar-refractivity contribution < 1.29 is 29.5 Å². The summed E-state index contributed by atoms with van der Waals surface area (Å²) in [6.45, 7) is 1.05. The highest BCUT2D eigenvalue weighted by molar-refractivity contribution is 5.48. The van der Waals surface area contributed by atoms with Gasteiger partial charge in [0.1, 0.15) is 24.4 Å². The van der Waals surface area contributed by atoms with Gasteiger partial charge in [0.2, 0.25) is 0 Å². The molecule has 8 nitrogen and oxygen atoms in total. The molecule has 5 unspecified atom stereocenters. The second kappa shape index (κ2) is 6.76. The number of aromatic hydroxyl groups is 1. The summed E-state index contributed by atoms with van der Waals surface area (Å²) in [6.07, 6.45) is -2.14.